The Morgan fingerprint density at radius 3 is 2.71 bits per heavy atom. The lowest BCUT2D eigenvalue weighted by atomic mass is 10.1. The first-order valence-corrected chi connectivity index (χ1v) is 5.44. The van der Waals surface area contributed by atoms with Crippen molar-refractivity contribution in [1.82, 2.24) is 10.3 Å². The molecule has 2 atom stereocenters. The second-order valence-corrected chi connectivity index (χ2v) is 4.27. The summed E-state index contributed by atoms with van der Waals surface area (Å²) in [7, 11) is 0. The van der Waals surface area contributed by atoms with Crippen molar-refractivity contribution in [3.8, 4) is 0 Å². The Kier molecular flexibility index (Phi) is 2.82. The largest absolute Gasteiger partial charge is 0.306 e. The zero-order valence-electron chi connectivity index (χ0n) is 8.90. The van der Waals surface area contributed by atoms with Crippen molar-refractivity contribution >= 4 is 0 Å². The summed E-state index contributed by atoms with van der Waals surface area (Å²) >= 11 is 0. The van der Waals surface area contributed by atoms with Crippen LogP contribution in [-0.4, -0.2) is 11.0 Å². The molecule has 0 bridgehead atoms. The highest BCUT2D eigenvalue weighted by atomic mass is 15.0. The fourth-order valence-corrected chi connectivity index (χ4v) is 1.84. The molecule has 0 aliphatic heterocycles. The summed E-state index contributed by atoms with van der Waals surface area (Å²) in [6, 6.07) is 7.08. The Morgan fingerprint density at radius 1 is 1.36 bits per heavy atom. The summed E-state index contributed by atoms with van der Waals surface area (Å²) in [4.78, 5) is 4.35. The summed E-state index contributed by atoms with van der Waals surface area (Å²) in [5.41, 5.74) is 1.14. The first-order valence-electron chi connectivity index (χ1n) is 5.44. The van der Waals surface area contributed by atoms with E-state index >= 15 is 0 Å². The lowest BCUT2D eigenvalue weighted by Gasteiger charge is -2.19. The number of rotatable bonds is 4. The molecule has 1 unspecified atom stereocenters. The molecule has 2 rings (SSSR count). The molecular formula is C12H18N2. The molecule has 1 saturated carbocycles. The van der Waals surface area contributed by atoms with Crippen LogP contribution in [-0.2, 0) is 0 Å². The molecule has 1 N–H and O–H groups in total. The summed E-state index contributed by atoms with van der Waals surface area (Å²) in [6.45, 7) is 4.46. The molecule has 14 heavy (non-hydrogen) atoms. The second-order valence-electron chi connectivity index (χ2n) is 4.27. The molecule has 0 spiro atoms. The molecular weight excluding hydrogens is 172 g/mol. The van der Waals surface area contributed by atoms with Gasteiger partial charge in [0.1, 0.15) is 0 Å². The normalized spacial score (nSPS) is 20.4. The highest BCUT2D eigenvalue weighted by molar-refractivity contribution is 5.08. The standard InChI is InChI=1S/C12H18N2/c1-9(11-6-7-11)14-10(2)12-5-3-4-8-13-12/h3-5,8-11,14H,6-7H2,1-2H3/t9?,10-/m1/s1. The lowest BCUT2D eigenvalue weighted by Crippen LogP contribution is -2.30. The molecule has 1 aliphatic rings. The van der Waals surface area contributed by atoms with Gasteiger partial charge in [0.2, 0.25) is 0 Å². The molecule has 0 saturated heterocycles. The number of hydrogen-bond donors (Lipinski definition) is 1. The van der Waals surface area contributed by atoms with E-state index in [1.807, 2.05) is 18.3 Å². The molecule has 2 nitrogen and oxygen atoms in total. The van der Waals surface area contributed by atoms with Crippen LogP contribution >= 0.6 is 0 Å². The number of pyridine rings is 1. The Bertz CT molecular complexity index is 280. The van der Waals surface area contributed by atoms with Crippen molar-refractivity contribution in [3.05, 3.63) is 30.1 Å². The second kappa shape index (κ2) is 4.09. The summed E-state index contributed by atoms with van der Waals surface area (Å²) in [5, 5.41) is 3.60. The predicted octanol–water partition coefficient (Wildman–Crippen LogP) is 2.53. The Labute approximate surface area is 85.7 Å². The van der Waals surface area contributed by atoms with E-state index in [2.05, 4.69) is 30.2 Å². The maximum Gasteiger partial charge on any atom is 0.0570 e. The first-order chi connectivity index (χ1) is 6.77. The third kappa shape index (κ3) is 2.32. The minimum Gasteiger partial charge on any atom is -0.306 e. The van der Waals surface area contributed by atoms with E-state index in [9.17, 15) is 0 Å². The van der Waals surface area contributed by atoms with Gasteiger partial charge in [0, 0.05) is 18.3 Å². The number of aromatic nitrogens is 1. The van der Waals surface area contributed by atoms with Crippen LogP contribution in [0.5, 0.6) is 0 Å². The zero-order valence-corrected chi connectivity index (χ0v) is 8.90. The van der Waals surface area contributed by atoms with E-state index in [1.54, 1.807) is 0 Å². The lowest BCUT2D eigenvalue weighted by molar-refractivity contribution is 0.436. The van der Waals surface area contributed by atoms with E-state index in [0.29, 0.717) is 12.1 Å². The zero-order chi connectivity index (χ0) is 9.97. The van der Waals surface area contributed by atoms with Gasteiger partial charge in [-0.1, -0.05) is 6.07 Å². The number of hydrogen-bond acceptors (Lipinski definition) is 2. The molecule has 1 aliphatic carbocycles. The minimum absolute atomic E-state index is 0.367. The quantitative estimate of drug-likeness (QED) is 0.789. The molecule has 1 fully saturated rings. The molecule has 0 aromatic carbocycles. The molecule has 76 valence electrons. The third-order valence-corrected chi connectivity index (χ3v) is 2.97. The highest BCUT2D eigenvalue weighted by Gasteiger charge is 2.28. The van der Waals surface area contributed by atoms with Crippen molar-refractivity contribution in [3.63, 3.8) is 0 Å². The predicted molar refractivity (Wildman–Crippen MR) is 58.0 cm³/mol. The van der Waals surface area contributed by atoms with Crippen LogP contribution in [0.15, 0.2) is 24.4 Å². The van der Waals surface area contributed by atoms with Gasteiger partial charge in [-0.05, 0) is 44.7 Å². The molecule has 1 aromatic rings. The van der Waals surface area contributed by atoms with Gasteiger partial charge in [0.25, 0.3) is 0 Å². The summed E-state index contributed by atoms with van der Waals surface area (Å²) in [6.07, 6.45) is 4.64. The Hall–Kier alpha value is -0.890. The minimum atomic E-state index is 0.367. The van der Waals surface area contributed by atoms with Crippen molar-refractivity contribution in [2.75, 3.05) is 0 Å². The maximum atomic E-state index is 4.35. The van der Waals surface area contributed by atoms with Crippen LogP contribution < -0.4 is 5.32 Å². The van der Waals surface area contributed by atoms with Gasteiger partial charge >= 0.3 is 0 Å². The van der Waals surface area contributed by atoms with Gasteiger partial charge in [-0.2, -0.15) is 0 Å². The average Bonchev–Trinajstić information content (AvgIpc) is 3.02. The molecule has 1 heterocycles. The first kappa shape index (κ1) is 9.66. The van der Waals surface area contributed by atoms with E-state index in [1.165, 1.54) is 12.8 Å². The van der Waals surface area contributed by atoms with Crippen molar-refractivity contribution < 1.29 is 0 Å². The molecule has 0 amide bonds. The number of nitrogens with zero attached hydrogens (tertiary/aromatic N) is 1. The van der Waals surface area contributed by atoms with Gasteiger partial charge in [-0.3, -0.25) is 4.98 Å². The average molecular weight is 190 g/mol. The highest BCUT2D eigenvalue weighted by Crippen LogP contribution is 2.33. The maximum absolute atomic E-state index is 4.35. The van der Waals surface area contributed by atoms with Gasteiger partial charge in [-0.15, -0.1) is 0 Å². The smallest absolute Gasteiger partial charge is 0.0570 e. The summed E-state index contributed by atoms with van der Waals surface area (Å²) in [5.74, 6) is 0.904. The Morgan fingerprint density at radius 2 is 2.14 bits per heavy atom. The molecule has 2 heteroatoms. The fraction of sp³-hybridized carbons (Fsp3) is 0.583. The van der Waals surface area contributed by atoms with Gasteiger partial charge in [-0.25, -0.2) is 0 Å². The van der Waals surface area contributed by atoms with Gasteiger partial charge < -0.3 is 5.32 Å². The molecule has 0 radical (unpaired) electrons. The monoisotopic (exact) mass is 190 g/mol. The van der Waals surface area contributed by atoms with E-state index in [4.69, 9.17) is 0 Å². The van der Waals surface area contributed by atoms with E-state index < -0.39 is 0 Å². The third-order valence-electron chi connectivity index (χ3n) is 2.97. The topological polar surface area (TPSA) is 24.9 Å². The van der Waals surface area contributed by atoms with E-state index in [-0.39, 0.29) is 0 Å². The van der Waals surface area contributed by atoms with Crippen LogP contribution in [0.2, 0.25) is 0 Å². The van der Waals surface area contributed by atoms with Crippen molar-refractivity contribution in [2.24, 2.45) is 5.92 Å². The van der Waals surface area contributed by atoms with Crippen LogP contribution in [0.3, 0.4) is 0 Å². The SMILES string of the molecule is CC(N[C@H](C)c1ccccn1)C1CC1. The van der Waals surface area contributed by atoms with Crippen LogP contribution in [0.4, 0.5) is 0 Å². The van der Waals surface area contributed by atoms with E-state index in [0.717, 1.165) is 11.6 Å². The fourth-order valence-electron chi connectivity index (χ4n) is 1.84. The Balaban J connectivity index is 1.91. The van der Waals surface area contributed by atoms with Crippen molar-refractivity contribution in [2.45, 2.75) is 38.8 Å². The van der Waals surface area contributed by atoms with Crippen LogP contribution in [0.25, 0.3) is 0 Å². The van der Waals surface area contributed by atoms with Crippen molar-refractivity contribution in [1.29, 1.82) is 0 Å². The van der Waals surface area contributed by atoms with Gasteiger partial charge in [0.15, 0.2) is 0 Å². The van der Waals surface area contributed by atoms with Crippen LogP contribution in [0, 0.1) is 5.92 Å². The van der Waals surface area contributed by atoms with Gasteiger partial charge in [0.05, 0.1) is 5.69 Å². The number of nitrogens with one attached hydrogen (secondary N) is 1. The molecule has 1 aromatic heterocycles. The summed E-state index contributed by atoms with van der Waals surface area (Å²) < 4.78 is 0. The van der Waals surface area contributed by atoms with Crippen LogP contribution in [0.1, 0.15) is 38.4 Å².